The Kier molecular flexibility index (Phi) is 7.23. The molecule has 0 aromatic heterocycles. The Morgan fingerprint density at radius 3 is 2.50 bits per heavy atom. The minimum Gasteiger partial charge on any atom is -0.389 e. The summed E-state index contributed by atoms with van der Waals surface area (Å²) in [6.45, 7) is 4.43. The summed E-state index contributed by atoms with van der Waals surface area (Å²) >= 11 is 0. The number of rotatable bonds is 6. The molecule has 1 saturated heterocycles. The maximum Gasteiger partial charge on any atom is 0.237 e. The van der Waals surface area contributed by atoms with Gasteiger partial charge in [-0.2, -0.15) is 0 Å². The van der Waals surface area contributed by atoms with E-state index in [1.807, 2.05) is 6.92 Å². The number of nitrogens with zero attached hydrogens (tertiary/aromatic N) is 1. The lowest BCUT2D eigenvalue weighted by Gasteiger charge is -2.26. The summed E-state index contributed by atoms with van der Waals surface area (Å²) in [7, 11) is 1.53. The van der Waals surface area contributed by atoms with Crippen LogP contribution in [0.1, 0.15) is 32.6 Å². The van der Waals surface area contributed by atoms with Crippen LogP contribution in [-0.4, -0.2) is 61.4 Å². The zero-order valence-electron chi connectivity index (χ0n) is 11.5. The van der Waals surface area contributed by atoms with E-state index >= 15 is 0 Å². The number of methoxy groups -OCH3 is 1. The monoisotopic (exact) mass is 258 g/mol. The van der Waals surface area contributed by atoms with Crippen molar-refractivity contribution >= 4 is 5.91 Å². The number of hydrogen-bond donors (Lipinski definition) is 2. The second-order valence-corrected chi connectivity index (χ2v) is 4.98. The van der Waals surface area contributed by atoms with Gasteiger partial charge in [-0.05, 0) is 32.9 Å². The average molecular weight is 258 g/mol. The lowest BCUT2D eigenvalue weighted by atomic mass is 10.2. The first-order chi connectivity index (χ1) is 8.65. The van der Waals surface area contributed by atoms with Gasteiger partial charge in [-0.25, -0.2) is 0 Å². The van der Waals surface area contributed by atoms with Crippen molar-refractivity contribution in [2.45, 2.75) is 44.8 Å². The zero-order chi connectivity index (χ0) is 13.4. The fourth-order valence-electron chi connectivity index (χ4n) is 2.27. The van der Waals surface area contributed by atoms with Gasteiger partial charge in [0, 0.05) is 13.7 Å². The van der Waals surface area contributed by atoms with Gasteiger partial charge in [-0.15, -0.1) is 0 Å². The van der Waals surface area contributed by atoms with Crippen LogP contribution in [0.5, 0.6) is 0 Å². The van der Waals surface area contributed by atoms with Gasteiger partial charge < -0.3 is 15.2 Å². The van der Waals surface area contributed by atoms with Crippen molar-refractivity contribution in [2.75, 3.05) is 33.4 Å². The molecule has 2 atom stereocenters. The third kappa shape index (κ3) is 5.33. The Bertz CT molecular complexity index is 240. The second-order valence-electron chi connectivity index (χ2n) is 4.98. The van der Waals surface area contributed by atoms with E-state index in [0.717, 1.165) is 13.1 Å². The number of aliphatic hydroxyl groups excluding tert-OH is 1. The van der Waals surface area contributed by atoms with Gasteiger partial charge >= 0.3 is 0 Å². The maximum absolute atomic E-state index is 12.0. The van der Waals surface area contributed by atoms with E-state index in [0.29, 0.717) is 0 Å². The fourth-order valence-corrected chi connectivity index (χ4v) is 2.27. The highest BCUT2D eigenvalue weighted by Crippen LogP contribution is 2.12. The highest BCUT2D eigenvalue weighted by atomic mass is 16.5. The SMILES string of the molecule is COC[C@@H](O)CNC(=O)[C@H](C)N1CCCCCC1. The smallest absolute Gasteiger partial charge is 0.237 e. The van der Waals surface area contributed by atoms with E-state index in [9.17, 15) is 9.90 Å². The third-order valence-electron chi connectivity index (χ3n) is 3.44. The quantitative estimate of drug-likeness (QED) is 0.723. The highest BCUT2D eigenvalue weighted by molar-refractivity contribution is 5.81. The summed E-state index contributed by atoms with van der Waals surface area (Å²) < 4.78 is 4.82. The molecule has 0 bridgehead atoms. The average Bonchev–Trinajstić information content (AvgIpc) is 2.64. The van der Waals surface area contributed by atoms with Crippen LogP contribution in [0.4, 0.5) is 0 Å². The van der Waals surface area contributed by atoms with Crippen LogP contribution in [0, 0.1) is 0 Å². The summed E-state index contributed by atoms with van der Waals surface area (Å²) in [6, 6.07) is -0.113. The third-order valence-corrected chi connectivity index (χ3v) is 3.44. The predicted octanol–water partition coefficient (Wildman–Crippen LogP) is 0.374. The highest BCUT2D eigenvalue weighted by Gasteiger charge is 2.22. The minimum atomic E-state index is -0.629. The van der Waals surface area contributed by atoms with E-state index in [1.165, 1.54) is 32.8 Å². The van der Waals surface area contributed by atoms with Gasteiger partial charge in [0.1, 0.15) is 0 Å². The molecule has 0 aromatic carbocycles. The van der Waals surface area contributed by atoms with Crippen molar-refractivity contribution in [1.29, 1.82) is 0 Å². The molecule has 106 valence electrons. The van der Waals surface area contributed by atoms with Gasteiger partial charge in [0.05, 0.1) is 18.8 Å². The Balaban J connectivity index is 2.30. The first-order valence-corrected chi connectivity index (χ1v) is 6.84. The molecule has 2 N–H and O–H groups in total. The largest absolute Gasteiger partial charge is 0.389 e. The van der Waals surface area contributed by atoms with Crippen LogP contribution >= 0.6 is 0 Å². The molecule has 1 aliphatic heterocycles. The summed E-state index contributed by atoms with van der Waals surface area (Å²) in [4.78, 5) is 14.2. The van der Waals surface area contributed by atoms with E-state index in [2.05, 4.69) is 10.2 Å². The molecule has 0 unspecified atom stereocenters. The molecule has 0 spiro atoms. The van der Waals surface area contributed by atoms with Gasteiger partial charge in [0.25, 0.3) is 0 Å². The van der Waals surface area contributed by atoms with Gasteiger partial charge in [0.2, 0.25) is 5.91 Å². The molecular formula is C13H26N2O3. The molecule has 1 amide bonds. The number of likely N-dealkylation sites (tertiary alicyclic amines) is 1. The van der Waals surface area contributed by atoms with Crippen molar-refractivity contribution in [1.82, 2.24) is 10.2 Å². The molecule has 1 heterocycles. The van der Waals surface area contributed by atoms with Crippen molar-refractivity contribution in [3.63, 3.8) is 0 Å². The lowest BCUT2D eigenvalue weighted by Crippen LogP contribution is -2.47. The molecule has 5 heteroatoms. The summed E-state index contributed by atoms with van der Waals surface area (Å²) in [5, 5.41) is 12.3. The van der Waals surface area contributed by atoms with E-state index in [1.54, 1.807) is 0 Å². The Morgan fingerprint density at radius 2 is 1.94 bits per heavy atom. The number of hydrogen-bond acceptors (Lipinski definition) is 4. The first-order valence-electron chi connectivity index (χ1n) is 6.84. The number of carbonyl (C=O) groups is 1. The lowest BCUT2D eigenvalue weighted by molar-refractivity contribution is -0.126. The first kappa shape index (κ1) is 15.4. The van der Waals surface area contributed by atoms with Crippen molar-refractivity contribution in [3.05, 3.63) is 0 Å². The molecule has 0 aliphatic carbocycles. The molecule has 0 radical (unpaired) electrons. The minimum absolute atomic E-state index is 0.00736. The Hall–Kier alpha value is -0.650. The number of amides is 1. The normalized spacial score (nSPS) is 21.1. The summed E-state index contributed by atoms with van der Waals surface area (Å²) in [5.41, 5.74) is 0. The molecule has 5 nitrogen and oxygen atoms in total. The van der Waals surface area contributed by atoms with E-state index in [-0.39, 0.29) is 25.1 Å². The molecule has 0 aromatic rings. The topological polar surface area (TPSA) is 61.8 Å². The van der Waals surface area contributed by atoms with Gasteiger partial charge in [0.15, 0.2) is 0 Å². The number of nitrogens with one attached hydrogen (secondary N) is 1. The summed E-state index contributed by atoms with van der Waals surface area (Å²) in [6.07, 6.45) is 4.23. The molecular weight excluding hydrogens is 232 g/mol. The summed E-state index contributed by atoms with van der Waals surface area (Å²) in [5.74, 6) is -0.00736. The van der Waals surface area contributed by atoms with Crippen LogP contribution in [-0.2, 0) is 9.53 Å². The van der Waals surface area contributed by atoms with Crippen molar-refractivity contribution in [3.8, 4) is 0 Å². The molecule has 1 fully saturated rings. The Morgan fingerprint density at radius 1 is 1.33 bits per heavy atom. The number of ether oxygens (including phenoxy) is 1. The van der Waals surface area contributed by atoms with Crippen LogP contribution in [0.15, 0.2) is 0 Å². The van der Waals surface area contributed by atoms with Crippen LogP contribution < -0.4 is 5.32 Å². The molecule has 1 rings (SSSR count). The van der Waals surface area contributed by atoms with E-state index in [4.69, 9.17) is 4.74 Å². The fraction of sp³-hybridized carbons (Fsp3) is 0.923. The zero-order valence-corrected chi connectivity index (χ0v) is 11.5. The molecule has 18 heavy (non-hydrogen) atoms. The standard InChI is InChI=1S/C13H26N2O3/c1-11(15-7-5-3-4-6-8-15)13(17)14-9-12(16)10-18-2/h11-12,16H,3-10H2,1-2H3,(H,14,17)/t11-,12-/m0/s1. The molecule has 0 saturated carbocycles. The van der Waals surface area contributed by atoms with Crippen molar-refractivity contribution in [2.24, 2.45) is 0 Å². The number of carbonyl (C=O) groups excluding carboxylic acids is 1. The second kappa shape index (κ2) is 8.45. The predicted molar refractivity (Wildman–Crippen MR) is 70.4 cm³/mol. The Labute approximate surface area is 109 Å². The van der Waals surface area contributed by atoms with E-state index < -0.39 is 6.10 Å². The van der Waals surface area contributed by atoms with Gasteiger partial charge in [-0.3, -0.25) is 9.69 Å². The van der Waals surface area contributed by atoms with Crippen LogP contribution in [0.2, 0.25) is 0 Å². The maximum atomic E-state index is 12.0. The molecule has 1 aliphatic rings. The number of aliphatic hydroxyl groups is 1. The van der Waals surface area contributed by atoms with Crippen LogP contribution in [0.3, 0.4) is 0 Å². The van der Waals surface area contributed by atoms with Crippen molar-refractivity contribution < 1.29 is 14.6 Å². The van der Waals surface area contributed by atoms with Gasteiger partial charge in [-0.1, -0.05) is 12.8 Å². The van der Waals surface area contributed by atoms with Crippen LogP contribution in [0.25, 0.3) is 0 Å².